The molecule has 1 unspecified atom stereocenters. The lowest BCUT2D eigenvalue weighted by molar-refractivity contribution is 0.168. The van der Waals surface area contributed by atoms with Crippen molar-refractivity contribution in [1.29, 1.82) is 0 Å². The van der Waals surface area contributed by atoms with Gasteiger partial charge in [0.2, 0.25) is 5.95 Å². The van der Waals surface area contributed by atoms with Gasteiger partial charge in [0.25, 0.3) is 5.56 Å². The van der Waals surface area contributed by atoms with Crippen LogP contribution in [0, 0.1) is 0 Å². The van der Waals surface area contributed by atoms with Crippen molar-refractivity contribution in [1.82, 2.24) is 19.5 Å². The van der Waals surface area contributed by atoms with Gasteiger partial charge in [-0.1, -0.05) is 6.08 Å². The second-order valence-electron chi connectivity index (χ2n) is 4.16. The summed E-state index contributed by atoms with van der Waals surface area (Å²) in [6, 6.07) is 0. The molecule has 0 fully saturated rings. The number of aromatic amines is 1. The number of nitrogens with zero attached hydrogens (tertiary/aromatic N) is 3. The predicted octanol–water partition coefficient (Wildman–Crippen LogP) is -0.592. The van der Waals surface area contributed by atoms with Crippen LogP contribution in [0.1, 0.15) is 0 Å². The van der Waals surface area contributed by atoms with Gasteiger partial charge < -0.3 is 24.8 Å². The fraction of sp³-hybridized carbons (Fsp3) is 0.300. The third kappa shape index (κ3) is 3.37. The summed E-state index contributed by atoms with van der Waals surface area (Å²) < 4.78 is 17.3. The van der Waals surface area contributed by atoms with Gasteiger partial charge in [0.1, 0.15) is 0 Å². The maximum absolute atomic E-state index is 11.6. The number of H-pyrrole nitrogens is 1. The first-order valence-corrected chi connectivity index (χ1v) is 7.46. The molecule has 2 aromatic rings. The number of aromatic nitrogens is 4. The molecule has 21 heavy (non-hydrogen) atoms. The third-order valence-electron chi connectivity index (χ3n) is 2.67. The Bertz CT molecular complexity index is 776. The normalized spacial score (nSPS) is 14.0. The molecule has 0 saturated heterocycles. The number of nitrogen functional groups attached to an aromatic ring is 1. The van der Waals surface area contributed by atoms with Crippen molar-refractivity contribution in [3.63, 3.8) is 0 Å². The molecular formula is C10H14N5O5P. The highest BCUT2D eigenvalue weighted by molar-refractivity contribution is 7.52. The number of allylic oxidation sites excluding steroid dienone is 1. The Kier molecular flexibility index (Phi) is 4.24. The second kappa shape index (κ2) is 5.78. The molecule has 1 atom stereocenters. The number of methoxy groups -OCH3 is 1. The Hall–Kier alpha value is -2.00. The Balaban J connectivity index is 2.25. The summed E-state index contributed by atoms with van der Waals surface area (Å²) in [5.41, 5.74) is 5.42. The first-order valence-electron chi connectivity index (χ1n) is 5.78. The van der Waals surface area contributed by atoms with E-state index in [1.54, 1.807) is 0 Å². The van der Waals surface area contributed by atoms with Crippen molar-refractivity contribution in [2.45, 2.75) is 12.4 Å². The monoisotopic (exact) mass is 315 g/mol. The number of ether oxygens (including phenoxy) is 1. The largest absolute Gasteiger partial charge is 0.369 e. The summed E-state index contributed by atoms with van der Waals surface area (Å²) in [6.45, 7) is 0.201. The van der Waals surface area contributed by atoms with Gasteiger partial charge in [0, 0.05) is 13.7 Å². The first kappa shape index (κ1) is 15.4. The van der Waals surface area contributed by atoms with Gasteiger partial charge in [-0.15, -0.1) is 0 Å². The zero-order chi connectivity index (χ0) is 15.6. The average Bonchev–Trinajstić information content (AvgIpc) is 2.76. The molecule has 5 N–H and O–H groups in total. The van der Waals surface area contributed by atoms with E-state index in [1.807, 2.05) is 0 Å². The minimum absolute atomic E-state index is 0.0387. The van der Waals surface area contributed by atoms with E-state index in [9.17, 15) is 9.36 Å². The van der Waals surface area contributed by atoms with E-state index < -0.39 is 19.0 Å². The van der Waals surface area contributed by atoms with Gasteiger partial charge in [-0.2, -0.15) is 4.98 Å². The Morgan fingerprint density at radius 1 is 1.62 bits per heavy atom. The molecule has 2 aromatic heterocycles. The van der Waals surface area contributed by atoms with Crippen LogP contribution in [0.2, 0.25) is 0 Å². The molecule has 0 aliphatic rings. The quantitative estimate of drug-likeness (QED) is 0.421. The van der Waals surface area contributed by atoms with Crippen LogP contribution in [-0.4, -0.2) is 42.3 Å². The molecule has 0 aliphatic carbocycles. The van der Waals surface area contributed by atoms with Gasteiger partial charge in [0.15, 0.2) is 17.0 Å². The first-order chi connectivity index (χ1) is 9.82. The van der Waals surface area contributed by atoms with Gasteiger partial charge in [-0.25, -0.2) is 4.98 Å². The molecule has 0 aromatic carbocycles. The van der Waals surface area contributed by atoms with Crippen LogP contribution in [0.25, 0.3) is 11.2 Å². The number of rotatable bonds is 5. The highest BCUT2D eigenvalue weighted by Crippen LogP contribution is 2.42. The summed E-state index contributed by atoms with van der Waals surface area (Å²) in [7, 11) is -3.17. The zero-order valence-corrected chi connectivity index (χ0v) is 11.9. The molecule has 2 heterocycles. The fourth-order valence-corrected chi connectivity index (χ4v) is 2.34. The number of anilines is 1. The van der Waals surface area contributed by atoms with Crippen LogP contribution in [0.3, 0.4) is 0 Å². The van der Waals surface area contributed by atoms with Crippen molar-refractivity contribution in [2.24, 2.45) is 0 Å². The third-order valence-corrected chi connectivity index (χ3v) is 3.71. The lowest BCUT2D eigenvalue weighted by Crippen LogP contribution is -2.12. The number of imidazole rings is 1. The lowest BCUT2D eigenvalue weighted by atomic mass is 10.4. The molecule has 0 aliphatic heterocycles. The number of nitrogens with two attached hydrogens (primary N) is 1. The van der Waals surface area contributed by atoms with Crippen LogP contribution in [0.5, 0.6) is 0 Å². The topological polar surface area (TPSA) is 156 Å². The fourth-order valence-electron chi connectivity index (χ4n) is 1.72. The standard InChI is InChI=1S/C10H14N5O5P/c1-20-6(21(17,18)19)3-2-4-15-5-12-7-8(15)13-10(11)14-9(7)16/h2-3,5-6H,4H2,1H3,(H2,17,18,19)(H3,11,13,14,16)/b3-2-. The Labute approximate surface area is 118 Å². The van der Waals surface area contributed by atoms with E-state index in [0.29, 0.717) is 0 Å². The maximum Gasteiger partial charge on any atom is 0.357 e. The highest BCUT2D eigenvalue weighted by atomic mass is 31.2. The van der Waals surface area contributed by atoms with Crippen molar-refractivity contribution in [3.8, 4) is 0 Å². The molecule has 10 nitrogen and oxygen atoms in total. The molecule has 0 saturated carbocycles. The van der Waals surface area contributed by atoms with Gasteiger partial charge in [-0.05, 0) is 6.08 Å². The summed E-state index contributed by atoms with van der Waals surface area (Å²) in [5, 5.41) is 0. The number of nitrogens with one attached hydrogen (secondary N) is 1. The number of hydrogen-bond donors (Lipinski definition) is 4. The summed E-state index contributed by atoms with van der Waals surface area (Å²) in [4.78, 5) is 39.8. The molecule has 0 spiro atoms. The maximum atomic E-state index is 11.6. The van der Waals surface area contributed by atoms with Crippen LogP contribution < -0.4 is 11.3 Å². The zero-order valence-electron chi connectivity index (χ0n) is 11.0. The smallest absolute Gasteiger partial charge is 0.357 e. The summed E-state index contributed by atoms with van der Waals surface area (Å²) in [5.74, 6) is -1.36. The molecule has 0 amide bonds. The molecule has 114 valence electrons. The van der Waals surface area contributed by atoms with Crippen LogP contribution in [0.15, 0.2) is 23.3 Å². The van der Waals surface area contributed by atoms with E-state index in [2.05, 4.69) is 15.0 Å². The van der Waals surface area contributed by atoms with E-state index in [4.69, 9.17) is 20.3 Å². The Morgan fingerprint density at radius 3 is 2.95 bits per heavy atom. The van der Waals surface area contributed by atoms with Crippen molar-refractivity contribution >= 4 is 24.7 Å². The van der Waals surface area contributed by atoms with E-state index in [1.165, 1.54) is 30.2 Å². The number of hydrogen-bond acceptors (Lipinski definition) is 6. The van der Waals surface area contributed by atoms with Crippen molar-refractivity contribution in [3.05, 3.63) is 28.8 Å². The predicted molar refractivity (Wildman–Crippen MR) is 74.5 cm³/mol. The second-order valence-corrected chi connectivity index (χ2v) is 5.85. The van der Waals surface area contributed by atoms with E-state index in [0.717, 1.165) is 0 Å². The van der Waals surface area contributed by atoms with Gasteiger partial charge in [0.05, 0.1) is 6.33 Å². The van der Waals surface area contributed by atoms with Gasteiger partial charge in [-0.3, -0.25) is 14.3 Å². The minimum Gasteiger partial charge on any atom is -0.369 e. The average molecular weight is 315 g/mol. The van der Waals surface area contributed by atoms with Crippen LogP contribution >= 0.6 is 7.60 Å². The molecule has 11 heteroatoms. The summed E-state index contributed by atoms with van der Waals surface area (Å²) >= 11 is 0. The minimum atomic E-state index is -4.37. The van der Waals surface area contributed by atoms with E-state index >= 15 is 0 Å². The SMILES string of the molecule is COC(/C=C\Cn1cnc2c(=O)[nH]c(N)nc21)P(=O)(O)O. The van der Waals surface area contributed by atoms with Crippen LogP contribution in [-0.2, 0) is 15.8 Å². The molecule has 2 rings (SSSR count). The van der Waals surface area contributed by atoms with Crippen LogP contribution in [0.4, 0.5) is 5.95 Å². The molecule has 0 radical (unpaired) electrons. The van der Waals surface area contributed by atoms with Crippen molar-refractivity contribution in [2.75, 3.05) is 12.8 Å². The Morgan fingerprint density at radius 2 is 2.33 bits per heavy atom. The molecular weight excluding hydrogens is 301 g/mol. The highest BCUT2D eigenvalue weighted by Gasteiger charge is 2.25. The molecule has 0 bridgehead atoms. The van der Waals surface area contributed by atoms with Crippen molar-refractivity contribution < 1.29 is 19.1 Å². The van der Waals surface area contributed by atoms with E-state index in [-0.39, 0.29) is 23.7 Å². The summed E-state index contributed by atoms with van der Waals surface area (Å²) in [6.07, 6.45) is 4.10. The van der Waals surface area contributed by atoms with Gasteiger partial charge >= 0.3 is 7.60 Å². The lowest BCUT2D eigenvalue weighted by Gasteiger charge is -2.12. The number of fused-ring (bicyclic) bond motifs is 1.